The summed E-state index contributed by atoms with van der Waals surface area (Å²) in [5.41, 5.74) is 0.0148. The van der Waals surface area contributed by atoms with Crippen LogP contribution in [0, 0.1) is 10.1 Å². The van der Waals surface area contributed by atoms with Crippen LogP contribution >= 0.6 is 15.9 Å². The Balaban J connectivity index is 2.66. The van der Waals surface area contributed by atoms with Crippen molar-refractivity contribution < 1.29 is 9.66 Å². The molecule has 0 unspecified atom stereocenters. The zero-order valence-electron chi connectivity index (χ0n) is 8.90. The smallest absolute Gasteiger partial charge is 0.287 e. The van der Waals surface area contributed by atoms with Gasteiger partial charge in [0, 0.05) is 12.6 Å². The van der Waals surface area contributed by atoms with E-state index in [1.807, 2.05) is 6.92 Å². The van der Waals surface area contributed by atoms with Crippen LogP contribution in [0.25, 0.3) is 0 Å². The quantitative estimate of drug-likeness (QED) is 0.496. The summed E-state index contributed by atoms with van der Waals surface area (Å²) in [5, 5.41) is 13.8. The lowest BCUT2D eigenvalue weighted by Crippen LogP contribution is -2.20. The molecule has 0 aliphatic rings. The Bertz CT molecular complexity index is 371. The van der Waals surface area contributed by atoms with E-state index < -0.39 is 4.92 Å². The molecule has 0 radical (unpaired) electrons. The van der Waals surface area contributed by atoms with Crippen molar-refractivity contribution in [3.63, 3.8) is 0 Å². The minimum absolute atomic E-state index is 0.0148. The molecule has 88 valence electrons. The van der Waals surface area contributed by atoms with E-state index >= 15 is 0 Å². The number of ether oxygens (including phenoxy) is 1. The summed E-state index contributed by atoms with van der Waals surface area (Å²) >= 11 is 3.16. The van der Waals surface area contributed by atoms with Gasteiger partial charge in [0.1, 0.15) is 16.8 Å². The number of nitro benzene ring substituents is 1. The van der Waals surface area contributed by atoms with Crippen LogP contribution in [0.1, 0.15) is 6.92 Å². The molecule has 0 heterocycles. The van der Waals surface area contributed by atoms with E-state index in [-0.39, 0.29) is 5.69 Å². The van der Waals surface area contributed by atoms with Crippen molar-refractivity contribution >= 4 is 21.6 Å². The fraction of sp³-hybridized carbons (Fsp3) is 0.400. The van der Waals surface area contributed by atoms with Crippen LogP contribution in [0.15, 0.2) is 22.7 Å². The molecule has 1 rings (SSSR count). The van der Waals surface area contributed by atoms with Gasteiger partial charge in [-0.05, 0) is 28.5 Å². The number of hydrogen-bond donors (Lipinski definition) is 1. The minimum atomic E-state index is -0.443. The van der Waals surface area contributed by atoms with Crippen LogP contribution in [-0.2, 0) is 0 Å². The van der Waals surface area contributed by atoms with Gasteiger partial charge in [0.25, 0.3) is 5.69 Å². The van der Waals surface area contributed by atoms with Crippen LogP contribution in [-0.4, -0.2) is 24.6 Å². The number of halogens is 1. The molecular weight excluding hydrogens is 276 g/mol. The maximum Gasteiger partial charge on any atom is 0.287 e. The topological polar surface area (TPSA) is 64.4 Å². The normalized spacial score (nSPS) is 10.1. The first-order chi connectivity index (χ1) is 7.66. The standard InChI is InChI=1S/C10H13BrN2O3/c1-2-12-6-7-16-9-5-3-4-8(10(9)11)13(14)15/h3-5,12H,2,6-7H2,1H3. The number of nitrogens with one attached hydrogen (secondary N) is 1. The van der Waals surface area contributed by atoms with Crippen molar-refractivity contribution in [2.24, 2.45) is 0 Å². The van der Waals surface area contributed by atoms with Crippen molar-refractivity contribution in [3.05, 3.63) is 32.8 Å². The Labute approximate surface area is 102 Å². The van der Waals surface area contributed by atoms with Crippen molar-refractivity contribution in [3.8, 4) is 5.75 Å². The van der Waals surface area contributed by atoms with E-state index in [0.717, 1.165) is 6.54 Å². The number of benzene rings is 1. The third-order valence-corrected chi connectivity index (χ3v) is 2.72. The van der Waals surface area contributed by atoms with Gasteiger partial charge < -0.3 is 10.1 Å². The number of nitro groups is 1. The second-order valence-corrected chi connectivity index (χ2v) is 3.84. The Morgan fingerprint density at radius 1 is 1.56 bits per heavy atom. The molecule has 16 heavy (non-hydrogen) atoms. The van der Waals surface area contributed by atoms with Gasteiger partial charge in [0.05, 0.1) is 4.92 Å². The summed E-state index contributed by atoms with van der Waals surface area (Å²) in [7, 11) is 0. The zero-order chi connectivity index (χ0) is 12.0. The van der Waals surface area contributed by atoms with Crippen molar-refractivity contribution in [2.45, 2.75) is 6.92 Å². The molecule has 1 aromatic rings. The molecule has 6 heteroatoms. The molecule has 0 bridgehead atoms. The molecular formula is C10H13BrN2O3. The highest BCUT2D eigenvalue weighted by Crippen LogP contribution is 2.33. The molecule has 0 spiro atoms. The van der Waals surface area contributed by atoms with Crippen molar-refractivity contribution in [1.29, 1.82) is 0 Å². The van der Waals surface area contributed by atoms with E-state index in [9.17, 15) is 10.1 Å². The molecule has 0 aliphatic carbocycles. The third-order valence-electron chi connectivity index (χ3n) is 1.93. The van der Waals surface area contributed by atoms with Crippen LogP contribution in [0.4, 0.5) is 5.69 Å². The highest BCUT2D eigenvalue weighted by molar-refractivity contribution is 9.10. The van der Waals surface area contributed by atoms with Gasteiger partial charge in [0.15, 0.2) is 0 Å². The molecule has 0 amide bonds. The number of likely N-dealkylation sites (N-methyl/N-ethyl adjacent to an activating group) is 1. The van der Waals surface area contributed by atoms with E-state index in [4.69, 9.17) is 4.74 Å². The van der Waals surface area contributed by atoms with Gasteiger partial charge in [-0.3, -0.25) is 10.1 Å². The van der Waals surface area contributed by atoms with Crippen molar-refractivity contribution in [1.82, 2.24) is 5.32 Å². The lowest BCUT2D eigenvalue weighted by Gasteiger charge is -2.08. The summed E-state index contributed by atoms with van der Waals surface area (Å²) in [6.07, 6.45) is 0. The van der Waals surface area contributed by atoms with Gasteiger partial charge in [-0.25, -0.2) is 0 Å². The van der Waals surface area contributed by atoms with Crippen LogP contribution in [0.3, 0.4) is 0 Å². The summed E-state index contributed by atoms with van der Waals surface area (Å²) in [6, 6.07) is 4.73. The molecule has 5 nitrogen and oxygen atoms in total. The van der Waals surface area contributed by atoms with E-state index in [2.05, 4.69) is 21.2 Å². The minimum Gasteiger partial charge on any atom is -0.491 e. The third kappa shape index (κ3) is 3.46. The SMILES string of the molecule is CCNCCOc1cccc([N+](=O)[O-])c1Br. The second kappa shape index (κ2) is 6.44. The average Bonchev–Trinajstić information content (AvgIpc) is 2.26. The first-order valence-corrected chi connectivity index (χ1v) is 5.72. The monoisotopic (exact) mass is 288 g/mol. The molecule has 0 saturated heterocycles. The first kappa shape index (κ1) is 12.9. The fourth-order valence-corrected chi connectivity index (χ4v) is 1.69. The average molecular weight is 289 g/mol. The van der Waals surface area contributed by atoms with Crippen molar-refractivity contribution in [2.75, 3.05) is 19.7 Å². The molecule has 1 aromatic carbocycles. The van der Waals surface area contributed by atoms with E-state index in [1.54, 1.807) is 12.1 Å². The largest absolute Gasteiger partial charge is 0.491 e. The molecule has 0 fully saturated rings. The van der Waals surface area contributed by atoms with Crippen LogP contribution in [0.2, 0.25) is 0 Å². The summed E-state index contributed by atoms with van der Waals surface area (Å²) in [4.78, 5) is 10.2. The Morgan fingerprint density at radius 2 is 2.31 bits per heavy atom. The Morgan fingerprint density at radius 3 is 2.94 bits per heavy atom. The number of hydrogen-bond acceptors (Lipinski definition) is 4. The van der Waals surface area contributed by atoms with Crippen LogP contribution in [0.5, 0.6) is 5.75 Å². The lowest BCUT2D eigenvalue weighted by atomic mass is 10.3. The van der Waals surface area contributed by atoms with Gasteiger partial charge in [-0.1, -0.05) is 13.0 Å². The van der Waals surface area contributed by atoms with Gasteiger partial charge in [0.2, 0.25) is 0 Å². The Kier molecular flexibility index (Phi) is 5.21. The van der Waals surface area contributed by atoms with E-state index in [0.29, 0.717) is 23.4 Å². The van der Waals surface area contributed by atoms with Gasteiger partial charge in [-0.15, -0.1) is 0 Å². The van der Waals surface area contributed by atoms with Gasteiger partial charge in [-0.2, -0.15) is 0 Å². The maximum atomic E-state index is 10.7. The summed E-state index contributed by atoms with van der Waals surface area (Å²) in [5.74, 6) is 0.493. The van der Waals surface area contributed by atoms with E-state index in [1.165, 1.54) is 6.07 Å². The molecule has 0 atom stereocenters. The second-order valence-electron chi connectivity index (χ2n) is 3.05. The first-order valence-electron chi connectivity index (χ1n) is 4.93. The molecule has 0 aliphatic heterocycles. The predicted octanol–water partition coefficient (Wildman–Crippen LogP) is 2.35. The number of rotatable bonds is 6. The maximum absolute atomic E-state index is 10.7. The van der Waals surface area contributed by atoms with Gasteiger partial charge >= 0.3 is 0 Å². The fourth-order valence-electron chi connectivity index (χ4n) is 1.16. The highest BCUT2D eigenvalue weighted by atomic mass is 79.9. The molecule has 0 aromatic heterocycles. The molecule has 1 N–H and O–H groups in total. The highest BCUT2D eigenvalue weighted by Gasteiger charge is 2.15. The lowest BCUT2D eigenvalue weighted by molar-refractivity contribution is -0.385. The number of nitrogens with zero attached hydrogens (tertiary/aromatic N) is 1. The van der Waals surface area contributed by atoms with Crippen LogP contribution < -0.4 is 10.1 Å². The Hall–Kier alpha value is -1.14. The zero-order valence-corrected chi connectivity index (χ0v) is 10.5. The molecule has 0 saturated carbocycles. The summed E-state index contributed by atoms with van der Waals surface area (Å²) in [6.45, 7) is 4.07. The predicted molar refractivity (Wildman–Crippen MR) is 64.8 cm³/mol. The summed E-state index contributed by atoms with van der Waals surface area (Å²) < 4.78 is 5.80.